The number of aromatic nitrogens is 5. The molecule has 1 amide bonds. The van der Waals surface area contributed by atoms with Crippen LogP contribution in [0.4, 0.5) is 21.7 Å². The highest BCUT2D eigenvalue weighted by Crippen LogP contribution is 2.27. The standard InChI is InChI=1S/C20H24FN9O2/c1-29-10-11(8-16(20(29)32)30-7-6-24-28-30)25-18-12(17(23)31)9-13(21)19(27-18)26-15-5-3-2-4-14(15)22/h6-10,14-15H,2-5,22H2,1H3,(H2,23,31)(H2,25,26,27)/t14-,15+/m1/s1. The smallest absolute Gasteiger partial charge is 0.276 e. The van der Waals surface area contributed by atoms with Crippen molar-refractivity contribution in [3.05, 3.63) is 52.5 Å². The molecule has 1 saturated carbocycles. The Kier molecular flexibility index (Phi) is 5.86. The van der Waals surface area contributed by atoms with Gasteiger partial charge in [0.1, 0.15) is 11.5 Å². The molecule has 2 atom stereocenters. The summed E-state index contributed by atoms with van der Waals surface area (Å²) >= 11 is 0. The monoisotopic (exact) mass is 441 g/mol. The van der Waals surface area contributed by atoms with Gasteiger partial charge in [0, 0.05) is 25.3 Å². The van der Waals surface area contributed by atoms with E-state index in [1.54, 1.807) is 7.05 Å². The van der Waals surface area contributed by atoms with Crippen LogP contribution in [-0.2, 0) is 7.05 Å². The minimum atomic E-state index is -0.846. The highest BCUT2D eigenvalue weighted by atomic mass is 19.1. The van der Waals surface area contributed by atoms with Crippen LogP contribution in [0.2, 0.25) is 0 Å². The SMILES string of the molecule is Cn1cc(Nc2nc(N[C@H]3CCCC[C@H]3N)c(F)cc2C(N)=O)cc(-n2ccnn2)c1=O. The minimum Gasteiger partial charge on any atom is -0.365 e. The number of amides is 1. The fourth-order valence-corrected chi connectivity index (χ4v) is 3.79. The van der Waals surface area contributed by atoms with Gasteiger partial charge < -0.3 is 26.7 Å². The van der Waals surface area contributed by atoms with Gasteiger partial charge in [-0.15, -0.1) is 5.10 Å². The van der Waals surface area contributed by atoms with Crippen LogP contribution in [0.15, 0.2) is 35.5 Å². The Hall–Kier alpha value is -3.80. The van der Waals surface area contributed by atoms with Crippen LogP contribution in [0.5, 0.6) is 0 Å². The minimum absolute atomic E-state index is 0.0267. The van der Waals surface area contributed by atoms with Crippen LogP contribution in [0.25, 0.3) is 5.69 Å². The maximum Gasteiger partial charge on any atom is 0.276 e. The van der Waals surface area contributed by atoms with Crippen LogP contribution >= 0.6 is 0 Å². The summed E-state index contributed by atoms with van der Waals surface area (Å²) in [5, 5.41) is 13.6. The lowest BCUT2D eigenvalue weighted by molar-refractivity contribution is 0.100. The highest BCUT2D eigenvalue weighted by Gasteiger charge is 2.24. The summed E-state index contributed by atoms with van der Waals surface area (Å²) in [6.45, 7) is 0. The number of pyridine rings is 2. The predicted octanol–water partition coefficient (Wildman–Crippen LogP) is 1.02. The van der Waals surface area contributed by atoms with Crippen LogP contribution in [-0.4, -0.2) is 42.5 Å². The van der Waals surface area contributed by atoms with Crippen molar-refractivity contribution in [2.45, 2.75) is 37.8 Å². The Balaban J connectivity index is 1.71. The number of rotatable bonds is 6. The molecule has 0 aliphatic heterocycles. The molecule has 6 N–H and O–H groups in total. The number of primary amides is 1. The molecule has 3 aromatic heterocycles. The van der Waals surface area contributed by atoms with E-state index in [1.165, 1.54) is 33.9 Å². The van der Waals surface area contributed by atoms with Crippen molar-refractivity contribution in [1.82, 2.24) is 24.5 Å². The maximum absolute atomic E-state index is 14.7. The van der Waals surface area contributed by atoms with Crippen molar-refractivity contribution in [3.8, 4) is 5.69 Å². The summed E-state index contributed by atoms with van der Waals surface area (Å²) in [4.78, 5) is 28.7. The lowest BCUT2D eigenvalue weighted by atomic mass is 9.91. The first-order chi connectivity index (χ1) is 15.3. The number of aryl methyl sites for hydroxylation is 1. The van der Waals surface area contributed by atoms with Gasteiger partial charge in [-0.2, -0.15) is 0 Å². The highest BCUT2D eigenvalue weighted by molar-refractivity contribution is 5.98. The number of carbonyl (C=O) groups is 1. The summed E-state index contributed by atoms with van der Waals surface area (Å²) in [5.41, 5.74) is 11.8. The first kappa shape index (κ1) is 21.4. The lowest BCUT2D eigenvalue weighted by Gasteiger charge is -2.30. The second-order valence-electron chi connectivity index (χ2n) is 7.78. The summed E-state index contributed by atoms with van der Waals surface area (Å²) in [5.74, 6) is -1.53. The van der Waals surface area contributed by atoms with Crippen LogP contribution in [0, 0.1) is 5.82 Å². The third-order valence-corrected chi connectivity index (χ3v) is 5.48. The van der Waals surface area contributed by atoms with E-state index in [1.807, 2.05) is 0 Å². The molecule has 0 aromatic carbocycles. The van der Waals surface area contributed by atoms with E-state index in [4.69, 9.17) is 11.5 Å². The van der Waals surface area contributed by atoms with Gasteiger partial charge in [0.05, 0.1) is 23.6 Å². The maximum atomic E-state index is 14.7. The van der Waals surface area contributed by atoms with Gasteiger partial charge in [-0.25, -0.2) is 14.1 Å². The fraction of sp³-hybridized carbons (Fsp3) is 0.350. The molecule has 32 heavy (non-hydrogen) atoms. The summed E-state index contributed by atoms with van der Waals surface area (Å²) in [6.07, 6.45) is 8.14. The molecule has 0 bridgehead atoms. The summed E-state index contributed by atoms with van der Waals surface area (Å²) < 4.78 is 17.4. The van der Waals surface area contributed by atoms with E-state index >= 15 is 0 Å². The number of nitrogens with zero attached hydrogens (tertiary/aromatic N) is 5. The number of nitrogens with two attached hydrogens (primary N) is 2. The third kappa shape index (κ3) is 4.30. The zero-order valence-corrected chi connectivity index (χ0v) is 17.5. The molecule has 0 unspecified atom stereocenters. The van der Waals surface area contributed by atoms with E-state index in [2.05, 4.69) is 25.9 Å². The Morgan fingerprint density at radius 3 is 2.72 bits per heavy atom. The molecule has 1 fully saturated rings. The zero-order valence-electron chi connectivity index (χ0n) is 17.5. The number of halogens is 1. The van der Waals surface area contributed by atoms with E-state index in [9.17, 15) is 14.0 Å². The average molecular weight is 441 g/mol. The van der Waals surface area contributed by atoms with E-state index < -0.39 is 11.7 Å². The van der Waals surface area contributed by atoms with Crippen molar-refractivity contribution < 1.29 is 9.18 Å². The van der Waals surface area contributed by atoms with Crippen molar-refractivity contribution >= 4 is 23.2 Å². The molecule has 168 valence electrons. The van der Waals surface area contributed by atoms with Crippen LogP contribution in [0.3, 0.4) is 0 Å². The van der Waals surface area contributed by atoms with Crippen molar-refractivity contribution in [1.29, 1.82) is 0 Å². The Labute approximate surface area is 182 Å². The molecule has 11 nitrogen and oxygen atoms in total. The molecular formula is C20H24FN9O2. The number of hydrogen-bond donors (Lipinski definition) is 4. The molecule has 0 spiro atoms. The van der Waals surface area contributed by atoms with Gasteiger partial charge >= 0.3 is 0 Å². The van der Waals surface area contributed by atoms with Crippen LogP contribution < -0.4 is 27.7 Å². The van der Waals surface area contributed by atoms with Crippen molar-refractivity contribution in [2.24, 2.45) is 18.5 Å². The van der Waals surface area contributed by atoms with E-state index in [0.717, 1.165) is 31.7 Å². The second-order valence-corrected chi connectivity index (χ2v) is 7.78. The quantitative estimate of drug-likeness (QED) is 0.441. The molecule has 4 rings (SSSR count). The number of hydrogen-bond acceptors (Lipinski definition) is 8. The fourth-order valence-electron chi connectivity index (χ4n) is 3.79. The van der Waals surface area contributed by atoms with Gasteiger partial charge in [-0.1, -0.05) is 18.1 Å². The Morgan fingerprint density at radius 2 is 2.03 bits per heavy atom. The first-order valence-corrected chi connectivity index (χ1v) is 10.2. The predicted molar refractivity (Wildman–Crippen MR) is 116 cm³/mol. The Bertz CT molecular complexity index is 1190. The Morgan fingerprint density at radius 1 is 1.25 bits per heavy atom. The lowest BCUT2D eigenvalue weighted by Crippen LogP contribution is -2.43. The number of anilines is 3. The molecule has 3 heterocycles. The molecule has 1 aliphatic carbocycles. The van der Waals surface area contributed by atoms with Gasteiger partial charge in [-0.3, -0.25) is 9.59 Å². The van der Waals surface area contributed by atoms with Gasteiger partial charge in [0.25, 0.3) is 11.5 Å². The number of nitrogens with one attached hydrogen (secondary N) is 2. The first-order valence-electron chi connectivity index (χ1n) is 10.2. The summed E-state index contributed by atoms with van der Waals surface area (Å²) in [6, 6.07) is 2.31. The molecule has 0 saturated heterocycles. The largest absolute Gasteiger partial charge is 0.365 e. The number of carbonyl (C=O) groups excluding carboxylic acids is 1. The van der Waals surface area contributed by atoms with Gasteiger partial charge in [-0.05, 0) is 25.0 Å². The van der Waals surface area contributed by atoms with E-state index in [-0.39, 0.29) is 40.5 Å². The van der Waals surface area contributed by atoms with Gasteiger partial charge in [0.15, 0.2) is 11.6 Å². The van der Waals surface area contributed by atoms with Gasteiger partial charge in [0.2, 0.25) is 0 Å². The van der Waals surface area contributed by atoms with E-state index in [0.29, 0.717) is 5.69 Å². The normalized spacial score (nSPS) is 18.3. The van der Waals surface area contributed by atoms with Crippen LogP contribution in [0.1, 0.15) is 36.0 Å². The molecule has 0 radical (unpaired) electrons. The van der Waals surface area contributed by atoms with Crippen molar-refractivity contribution in [3.63, 3.8) is 0 Å². The van der Waals surface area contributed by atoms with Crippen molar-refractivity contribution in [2.75, 3.05) is 10.6 Å². The summed E-state index contributed by atoms with van der Waals surface area (Å²) in [7, 11) is 1.57. The average Bonchev–Trinajstić information content (AvgIpc) is 3.28. The zero-order chi connectivity index (χ0) is 22.8. The molecule has 12 heteroatoms. The topological polar surface area (TPSA) is 159 Å². The molecule has 1 aliphatic rings. The molecule has 3 aromatic rings. The third-order valence-electron chi connectivity index (χ3n) is 5.48. The second kappa shape index (κ2) is 8.75. The molecular weight excluding hydrogens is 417 g/mol.